The van der Waals surface area contributed by atoms with E-state index in [-0.39, 0.29) is 6.04 Å². The zero-order valence-corrected chi connectivity index (χ0v) is 13.8. The lowest BCUT2D eigenvalue weighted by Crippen LogP contribution is -2.08. The normalized spacial score (nSPS) is 11.9. The molecule has 1 unspecified atom stereocenters. The van der Waals surface area contributed by atoms with Crippen molar-refractivity contribution in [3.8, 4) is 23.0 Å². The number of halogens is 1. The molecule has 0 heterocycles. The number of ether oxygens (including phenoxy) is 3. The Morgan fingerprint density at radius 3 is 2.29 bits per heavy atom. The first-order valence-electron chi connectivity index (χ1n) is 6.50. The molecular formula is C16H18BrNO3. The number of rotatable bonds is 5. The van der Waals surface area contributed by atoms with Crippen LogP contribution in [0.25, 0.3) is 0 Å². The smallest absolute Gasteiger partial charge is 0.141 e. The first-order valence-corrected chi connectivity index (χ1v) is 7.30. The summed E-state index contributed by atoms with van der Waals surface area (Å²) in [6.45, 7) is 1.90. The van der Waals surface area contributed by atoms with Crippen LogP contribution in [0.3, 0.4) is 0 Å². The lowest BCUT2D eigenvalue weighted by molar-refractivity contribution is 0.396. The number of methoxy groups -OCH3 is 2. The molecule has 1 atom stereocenters. The SMILES string of the molecule is COc1ccc(Oc2cccc(OC)c2C(C)N)c(Br)c1. The molecule has 0 aliphatic carbocycles. The van der Waals surface area contributed by atoms with E-state index in [9.17, 15) is 0 Å². The zero-order valence-electron chi connectivity index (χ0n) is 12.2. The van der Waals surface area contributed by atoms with Crippen molar-refractivity contribution in [2.75, 3.05) is 14.2 Å². The summed E-state index contributed by atoms with van der Waals surface area (Å²) in [5.41, 5.74) is 6.87. The van der Waals surface area contributed by atoms with E-state index in [0.717, 1.165) is 15.8 Å². The summed E-state index contributed by atoms with van der Waals surface area (Å²) in [4.78, 5) is 0. The van der Waals surface area contributed by atoms with Crippen molar-refractivity contribution < 1.29 is 14.2 Å². The van der Waals surface area contributed by atoms with Crippen LogP contribution in [-0.4, -0.2) is 14.2 Å². The van der Waals surface area contributed by atoms with Gasteiger partial charge in [0.05, 0.1) is 24.3 Å². The Hall–Kier alpha value is -1.72. The second-order valence-corrected chi connectivity index (χ2v) is 5.41. The van der Waals surface area contributed by atoms with Gasteiger partial charge >= 0.3 is 0 Å². The molecule has 0 fully saturated rings. The average Bonchev–Trinajstić information content (AvgIpc) is 2.48. The van der Waals surface area contributed by atoms with Crippen molar-refractivity contribution in [1.29, 1.82) is 0 Å². The fraction of sp³-hybridized carbons (Fsp3) is 0.250. The summed E-state index contributed by atoms with van der Waals surface area (Å²) in [6.07, 6.45) is 0. The van der Waals surface area contributed by atoms with E-state index >= 15 is 0 Å². The van der Waals surface area contributed by atoms with E-state index in [1.54, 1.807) is 14.2 Å². The number of benzene rings is 2. The Morgan fingerprint density at radius 2 is 1.71 bits per heavy atom. The molecule has 0 spiro atoms. The highest BCUT2D eigenvalue weighted by Crippen LogP contribution is 2.38. The number of nitrogens with two attached hydrogens (primary N) is 1. The van der Waals surface area contributed by atoms with Crippen LogP contribution in [0.4, 0.5) is 0 Å². The molecule has 5 heteroatoms. The monoisotopic (exact) mass is 351 g/mol. The second kappa shape index (κ2) is 6.83. The fourth-order valence-electron chi connectivity index (χ4n) is 2.05. The molecule has 4 nitrogen and oxygen atoms in total. The first-order chi connectivity index (χ1) is 10.1. The van der Waals surface area contributed by atoms with Crippen LogP contribution < -0.4 is 19.9 Å². The summed E-state index contributed by atoms with van der Waals surface area (Å²) in [5, 5.41) is 0. The Kier molecular flexibility index (Phi) is 5.09. The van der Waals surface area contributed by atoms with Crippen molar-refractivity contribution in [2.24, 2.45) is 5.73 Å². The standard InChI is InChI=1S/C16H18BrNO3/c1-10(18)16-14(20-3)5-4-6-15(16)21-13-8-7-11(19-2)9-12(13)17/h4-10H,18H2,1-3H3. The quantitative estimate of drug-likeness (QED) is 0.873. The van der Waals surface area contributed by atoms with Gasteiger partial charge in [-0.05, 0) is 53.2 Å². The van der Waals surface area contributed by atoms with E-state index < -0.39 is 0 Å². The Bertz CT molecular complexity index is 629. The van der Waals surface area contributed by atoms with Gasteiger partial charge in [0.1, 0.15) is 23.0 Å². The second-order valence-electron chi connectivity index (χ2n) is 4.56. The van der Waals surface area contributed by atoms with Crippen molar-refractivity contribution in [1.82, 2.24) is 0 Å². The van der Waals surface area contributed by atoms with Crippen molar-refractivity contribution in [3.05, 3.63) is 46.4 Å². The zero-order chi connectivity index (χ0) is 15.4. The van der Waals surface area contributed by atoms with E-state index in [4.69, 9.17) is 19.9 Å². The Labute approximate surface area is 132 Å². The van der Waals surface area contributed by atoms with Gasteiger partial charge in [0, 0.05) is 6.04 Å². The summed E-state index contributed by atoms with van der Waals surface area (Å²) < 4.78 is 17.3. The molecule has 2 aromatic carbocycles. The predicted molar refractivity (Wildman–Crippen MR) is 86.4 cm³/mol. The highest BCUT2D eigenvalue weighted by molar-refractivity contribution is 9.10. The molecular weight excluding hydrogens is 334 g/mol. The molecule has 2 aromatic rings. The molecule has 0 aliphatic rings. The minimum atomic E-state index is -0.201. The maximum absolute atomic E-state index is 6.04. The first kappa shape index (κ1) is 15.7. The van der Waals surface area contributed by atoms with Crippen LogP contribution in [0.1, 0.15) is 18.5 Å². The summed E-state index contributed by atoms with van der Waals surface area (Å²) in [6, 6.07) is 10.9. The minimum Gasteiger partial charge on any atom is -0.497 e. The Balaban J connectivity index is 2.40. The predicted octanol–water partition coefficient (Wildman–Crippen LogP) is 4.28. The van der Waals surface area contributed by atoms with Crippen LogP contribution in [-0.2, 0) is 0 Å². The summed E-state index contributed by atoms with van der Waals surface area (Å²) in [7, 11) is 3.24. The lowest BCUT2D eigenvalue weighted by Gasteiger charge is -2.17. The maximum Gasteiger partial charge on any atom is 0.141 e. The van der Waals surface area contributed by atoms with Gasteiger partial charge in [0.15, 0.2) is 0 Å². The molecule has 0 aromatic heterocycles. The molecule has 2 rings (SSSR count). The van der Waals surface area contributed by atoms with Crippen LogP contribution in [0.15, 0.2) is 40.9 Å². The van der Waals surface area contributed by atoms with E-state index in [1.807, 2.05) is 43.3 Å². The number of hydrogen-bond donors (Lipinski definition) is 1. The molecule has 0 saturated carbocycles. The summed E-state index contributed by atoms with van der Waals surface area (Å²) in [5.74, 6) is 2.83. The molecule has 0 radical (unpaired) electrons. The maximum atomic E-state index is 6.04. The van der Waals surface area contributed by atoms with Gasteiger partial charge in [-0.1, -0.05) is 6.07 Å². The van der Waals surface area contributed by atoms with E-state index in [0.29, 0.717) is 17.2 Å². The molecule has 21 heavy (non-hydrogen) atoms. The van der Waals surface area contributed by atoms with Gasteiger partial charge in [-0.3, -0.25) is 0 Å². The van der Waals surface area contributed by atoms with Crippen LogP contribution in [0, 0.1) is 0 Å². The van der Waals surface area contributed by atoms with Crippen molar-refractivity contribution >= 4 is 15.9 Å². The van der Waals surface area contributed by atoms with Gasteiger partial charge in [-0.2, -0.15) is 0 Å². The molecule has 2 N–H and O–H groups in total. The summed E-state index contributed by atoms with van der Waals surface area (Å²) >= 11 is 3.48. The van der Waals surface area contributed by atoms with Gasteiger partial charge in [0.25, 0.3) is 0 Å². The molecule has 0 aliphatic heterocycles. The third-order valence-corrected chi connectivity index (χ3v) is 3.68. The molecule has 0 bridgehead atoms. The minimum absolute atomic E-state index is 0.201. The van der Waals surface area contributed by atoms with Gasteiger partial charge < -0.3 is 19.9 Å². The molecule has 0 amide bonds. The van der Waals surface area contributed by atoms with Gasteiger partial charge in [-0.25, -0.2) is 0 Å². The third kappa shape index (κ3) is 3.49. The molecule has 112 valence electrons. The highest BCUT2D eigenvalue weighted by atomic mass is 79.9. The van der Waals surface area contributed by atoms with Crippen molar-refractivity contribution in [3.63, 3.8) is 0 Å². The highest BCUT2D eigenvalue weighted by Gasteiger charge is 2.16. The van der Waals surface area contributed by atoms with Gasteiger partial charge in [-0.15, -0.1) is 0 Å². The largest absolute Gasteiger partial charge is 0.497 e. The number of hydrogen-bond acceptors (Lipinski definition) is 4. The average molecular weight is 352 g/mol. The van der Waals surface area contributed by atoms with Crippen molar-refractivity contribution in [2.45, 2.75) is 13.0 Å². The van der Waals surface area contributed by atoms with E-state index in [2.05, 4.69) is 15.9 Å². The molecule has 0 saturated heterocycles. The van der Waals surface area contributed by atoms with Crippen LogP contribution in [0.5, 0.6) is 23.0 Å². The third-order valence-electron chi connectivity index (χ3n) is 3.06. The lowest BCUT2D eigenvalue weighted by atomic mass is 10.1. The topological polar surface area (TPSA) is 53.7 Å². The van der Waals surface area contributed by atoms with Crippen LogP contribution in [0.2, 0.25) is 0 Å². The van der Waals surface area contributed by atoms with Crippen LogP contribution >= 0.6 is 15.9 Å². The van der Waals surface area contributed by atoms with Gasteiger partial charge in [0.2, 0.25) is 0 Å². The van der Waals surface area contributed by atoms with E-state index in [1.165, 1.54) is 0 Å². The Morgan fingerprint density at radius 1 is 1.00 bits per heavy atom. The fourth-order valence-corrected chi connectivity index (χ4v) is 2.49.